The van der Waals surface area contributed by atoms with Gasteiger partial charge in [0.1, 0.15) is 5.52 Å². The molecule has 0 radical (unpaired) electrons. The van der Waals surface area contributed by atoms with Crippen molar-refractivity contribution in [3.63, 3.8) is 0 Å². The van der Waals surface area contributed by atoms with Crippen LogP contribution in [0, 0.1) is 0 Å². The molecule has 4 aromatic rings. The van der Waals surface area contributed by atoms with Gasteiger partial charge in [0, 0.05) is 43.1 Å². The monoisotopic (exact) mass is 457 g/mol. The number of benzene rings is 3. The molecule has 166 valence electrons. The van der Waals surface area contributed by atoms with E-state index in [0.29, 0.717) is 48.3 Å². The average Bonchev–Trinajstić information content (AvgIpc) is 3.30. The van der Waals surface area contributed by atoms with Crippen molar-refractivity contribution in [3.8, 4) is 0 Å². The number of carbonyl (C=O) groups is 2. The molecule has 1 aliphatic heterocycles. The van der Waals surface area contributed by atoms with Gasteiger partial charge in [0.05, 0.1) is 0 Å². The maximum atomic E-state index is 13.3. The van der Waals surface area contributed by atoms with E-state index < -0.39 is 0 Å². The standard InChI is InChI=1S/C26H23N3O3S/c30-24(19-8-2-1-3-9-19)28-14-16-29(17-15-28)25(31)21-11-5-4-10-20(21)18-33-26-27-22-12-6-7-13-23(22)32-26/h1-13H,14-18H2. The molecule has 1 aliphatic rings. The molecule has 6 nitrogen and oxygen atoms in total. The molecule has 0 saturated carbocycles. The minimum atomic E-state index is -0.00410. The number of hydrogen-bond donors (Lipinski definition) is 0. The number of amides is 2. The van der Waals surface area contributed by atoms with Crippen molar-refractivity contribution >= 4 is 34.7 Å². The van der Waals surface area contributed by atoms with Crippen LogP contribution < -0.4 is 0 Å². The minimum absolute atomic E-state index is 0.00410. The Morgan fingerprint density at radius 3 is 2.18 bits per heavy atom. The number of carbonyl (C=O) groups excluding carboxylic acids is 2. The van der Waals surface area contributed by atoms with Gasteiger partial charge >= 0.3 is 0 Å². The summed E-state index contributed by atoms with van der Waals surface area (Å²) >= 11 is 1.48. The number of piperazine rings is 1. The summed E-state index contributed by atoms with van der Waals surface area (Å²) in [4.78, 5) is 34.1. The molecule has 0 N–H and O–H groups in total. The van der Waals surface area contributed by atoms with Gasteiger partial charge in [-0.25, -0.2) is 4.98 Å². The fraction of sp³-hybridized carbons (Fsp3) is 0.192. The van der Waals surface area contributed by atoms with E-state index in [9.17, 15) is 9.59 Å². The van der Waals surface area contributed by atoms with Crippen molar-refractivity contribution in [2.24, 2.45) is 0 Å². The number of para-hydroxylation sites is 2. The van der Waals surface area contributed by atoms with E-state index in [1.165, 1.54) is 11.8 Å². The third-order valence-corrected chi connectivity index (χ3v) is 6.62. The topological polar surface area (TPSA) is 66.7 Å². The molecule has 2 heterocycles. The Labute approximate surface area is 196 Å². The smallest absolute Gasteiger partial charge is 0.257 e. The zero-order chi connectivity index (χ0) is 22.6. The van der Waals surface area contributed by atoms with Gasteiger partial charge in [-0.2, -0.15) is 0 Å². The molecule has 3 aromatic carbocycles. The number of nitrogens with zero attached hydrogens (tertiary/aromatic N) is 3. The molecular weight excluding hydrogens is 434 g/mol. The van der Waals surface area contributed by atoms with Crippen molar-refractivity contribution in [1.82, 2.24) is 14.8 Å². The highest BCUT2D eigenvalue weighted by Gasteiger charge is 2.26. The van der Waals surface area contributed by atoms with Gasteiger partial charge in [-0.3, -0.25) is 9.59 Å². The molecule has 1 aromatic heterocycles. The van der Waals surface area contributed by atoms with E-state index in [1.807, 2.05) is 88.7 Å². The molecule has 1 saturated heterocycles. The lowest BCUT2D eigenvalue weighted by Crippen LogP contribution is -2.50. The largest absolute Gasteiger partial charge is 0.431 e. The van der Waals surface area contributed by atoms with Crippen LogP contribution in [0.1, 0.15) is 26.3 Å². The van der Waals surface area contributed by atoms with E-state index in [-0.39, 0.29) is 11.8 Å². The quantitative estimate of drug-likeness (QED) is 0.406. The fourth-order valence-corrected chi connectivity index (χ4v) is 4.80. The van der Waals surface area contributed by atoms with Crippen LogP contribution >= 0.6 is 11.8 Å². The average molecular weight is 458 g/mol. The first kappa shape index (κ1) is 21.3. The number of fused-ring (bicyclic) bond motifs is 1. The van der Waals surface area contributed by atoms with Crippen molar-refractivity contribution in [1.29, 1.82) is 0 Å². The lowest BCUT2D eigenvalue weighted by atomic mass is 10.1. The van der Waals surface area contributed by atoms with Crippen molar-refractivity contribution in [2.75, 3.05) is 26.2 Å². The number of thioether (sulfide) groups is 1. The van der Waals surface area contributed by atoms with Gasteiger partial charge < -0.3 is 14.2 Å². The zero-order valence-electron chi connectivity index (χ0n) is 18.0. The van der Waals surface area contributed by atoms with Gasteiger partial charge in [0.2, 0.25) is 0 Å². The summed E-state index contributed by atoms with van der Waals surface area (Å²) in [6.07, 6.45) is 0. The van der Waals surface area contributed by atoms with Gasteiger partial charge in [0.15, 0.2) is 5.58 Å². The molecular formula is C26H23N3O3S. The summed E-state index contributed by atoms with van der Waals surface area (Å²) in [5.74, 6) is 0.592. The third-order valence-electron chi connectivity index (χ3n) is 5.75. The van der Waals surface area contributed by atoms with Crippen molar-refractivity contribution < 1.29 is 14.0 Å². The van der Waals surface area contributed by atoms with E-state index in [1.54, 1.807) is 0 Å². The van der Waals surface area contributed by atoms with Gasteiger partial charge in [-0.1, -0.05) is 60.3 Å². The molecule has 33 heavy (non-hydrogen) atoms. The normalized spacial score (nSPS) is 13.9. The van der Waals surface area contributed by atoms with E-state index >= 15 is 0 Å². The Morgan fingerprint density at radius 1 is 0.788 bits per heavy atom. The van der Waals surface area contributed by atoms with Crippen LogP contribution in [-0.4, -0.2) is 52.8 Å². The van der Waals surface area contributed by atoms with Crippen LogP contribution in [0.25, 0.3) is 11.1 Å². The summed E-state index contributed by atoms with van der Waals surface area (Å²) < 4.78 is 5.80. The lowest BCUT2D eigenvalue weighted by molar-refractivity contribution is 0.0535. The molecule has 7 heteroatoms. The number of rotatable bonds is 5. The first-order valence-corrected chi connectivity index (χ1v) is 11.9. The second-order valence-electron chi connectivity index (χ2n) is 7.84. The fourth-order valence-electron chi connectivity index (χ4n) is 3.95. The Hall–Kier alpha value is -3.58. The maximum Gasteiger partial charge on any atom is 0.257 e. The lowest BCUT2D eigenvalue weighted by Gasteiger charge is -2.35. The Kier molecular flexibility index (Phi) is 6.13. The van der Waals surface area contributed by atoms with Crippen LogP contribution in [0.3, 0.4) is 0 Å². The van der Waals surface area contributed by atoms with Crippen molar-refractivity contribution in [3.05, 3.63) is 95.6 Å². The summed E-state index contributed by atoms with van der Waals surface area (Å²) in [6.45, 7) is 2.09. The van der Waals surface area contributed by atoms with Crippen LogP contribution in [-0.2, 0) is 5.75 Å². The number of oxazole rings is 1. The van der Waals surface area contributed by atoms with Crippen LogP contribution in [0.2, 0.25) is 0 Å². The van der Waals surface area contributed by atoms with E-state index in [0.717, 1.165) is 16.7 Å². The highest BCUT2D eigenvalue weighted by atomic mass is 32.2. The zero-order valence-corrected chi connectivity index (χ0v) is 18.8. The second kappa shape index (κ2) is 9.50. The molecule has 0 unspecified atom stereocenters. The van der Waals surface area contributed by atoms with Gasteiger partial charge in [-0.05, 0) is 35.9 Å². The highest BCUT2D eigenvalue weighted by molar-refractivity contribution is 7.98. The summed E-state index contributed by atoms with van der Waals surface area (Å²) in [5.41, 5.74) is 3.89. The third kappa shape index (κ3) is 4.64. The molecule has 2 amide bonds. The molecule has 5 rings (SSSR count). The molecule has 0 atom stereocenters. The van der Waals surface area contributed by atoms with Crippen molar-refractivity contribution in [2.45, 2.75) is 11.0 Å². The first-order valence-electron chi connectivity index (χ1n) is 10.9. The van der Waals surface area contributed by atoms with Crippen LogP contribution in [0.5, 0.6) is 0 Å². The Morgan fingerprint density at radius 2 is 1.42 bits per heavy atom. The maximum absolute atomic E-state index is 13.3. The predicted molar refractivity (Wildman–Crippen MR) is 128 cm³/mol. The highest BCUT2D eigenvalue weighted by Crippen LogP contribution is 2.28. The first-order chi connectivity index (χ1) is 16.2. The summed E-state index contributed by atoms with van der Waals surface area (Å²) in [5, 5.41) is 0.589. The summed E-state index contributed by atoms with van der Waals surface area (Å²) in [6, 6.07) is 24.6. The molecule has 0 bridgehead atoms. The SMILES string of the molecule is O=C(c1ccccc1)N1CCN(C(=O)c2ccccc2CSc2nc3ccccc3o2)CC1. The Balaban J connectivity index is 1.23. The van der Waals surface area contributed by atoms with E-state index in [2.05, 4.69) is 4.98 Å². The molecule has 1 fully saturated rings. The second-order valence-corrected chi connectivity index (χ2v) is 8.77. The minimum Gasteiger partial charge on any atom is -0.431 e. The summed E-state index contributed by atoms with van der Waals surface area (Å²) in [7, 11) is 0. The van der Waals surface area contributed by atoms with Crippen LogP contribution in [0.15, 0.2) is 88.5 Å². The van der Waals surface area contributed by atoms with E-state index in [4.69, 9.17) is 4.42 Å². The predicted octanol–water partition coefficient (Wildman–Crippen LogP) is 4.72. The molecule has 0 spiro atoms. The van der Waals surface area contributed by atoms with Gasteiger partial charge in [0.25, 0.3) is 17.0 Å². The van der Waals surface area contributed by atoms with Crippen LogP contribution in [0.4, 0.5) is 0 Å². The molecule has 0 aliphatic carbocycles. The Bertz CT molecular complexity index is 1250. The van der Waals surface area contributed by atoms with Gasteiger partial charge in [-0.15, -0.1) is 0 Å². The number of hydrogen-bond acceptors (Lipinski definition) is 5. The number of aromatic nitrogens is 1.